The van der Waals surface area contributed by atoms with Crippen molar-refractivity contribution < 1.29 is 14.6 Å². The van der Waals surface area contributed by atoms with E-state index in [9.17, 15) is 9.90 Å². The molecule has 20 heavy (non-hydrogen) atoms. The highest BCUT2D eigenvalue weighted by Gasteiger charge is 2.24. The molecule has 2 heterocycles. The molecule has 0 fully saturated rings. The second-order valence-electron chi connectivity index (χ2n) is 4.62. The van der Waals surface area contributed by atoms with Crippen LogP contribution in [0, 0.1) is 0 Å². The number of carbonyl (C=O) groups is 1. The van der Waals surface area contributed by atoms with E-state index in [4.69, 9.17) is 4.74 Å². The Hall–Kier alpha value is -2.34. The molecule has 104 valence electrons. The summed E-state index contributed by atoms with van der Waals surface area (Å²) in [6.07, 6.45) is 0.766. The normalized spacial score (nSPS) is 13.8. The van der Waals surface area contributed by atoms with Gasteiger partial charge in [-0.1, -0.05) is 0 Å². The van der Waals surface area contributed by atoms with Gasteiger partial charge in [0.15, 0.2) is 5.69 Å². The molecule has 6 heteroatoms. The van der Waals surface area contributed by atoms with E-state index >= 15 is 0 Å². The molecular weight excluding hydrogens is 258 g/mol. The number of carboxylic acids is 1. The molecule has 6 nitrogen and oxygen atoms in total. The van der Waals surface area contributed by atoms with E-state index in [-0.39, 0.29) is 5.69 Å². The van der Waals surface area contributed by atoms with E-state index in [1.165, 1.54) is 0 Å². The average Bonchev–Trinajstić information content (AvgIpc) is 2.87. The fraction of sp³-hybridized carbons (Fsp3) is 0.286. The molecule has 0 saturated carbocycles. The SMILES string of the molecule is COc1ccc(-n2nc(C(=O)O)c3c2CCNC3)cc1. The van der Waals surface area contributed by atoms with Crippen molar-refractivity contribution in [1.82, 2.24) is 15.1 Å². The number of hydrogen-bond donors (Lipinski definition) is 2. The van der Waals surface area contributed by atoms with Gasteiger partial charge in [0.2, 0.25) is 0 Å². The maximum Gasteiger partial charge on any atom is 0.356 e. The number of methoxy groups -OCH3 is 1. The maximum atomic E-state index is 11.3. The van der Waals surface area contributed by atoms with Crippen molar-refractivity contribution in [1.29, 1.82) is 0 Å². The molecule has 0 bridgehead atoms. The van der Waals surface area contributed by atoms with Crippen LogP contribution in [-0.2, 0) is 13.0 Å². The van der Waals surface area contributed by atoms with E-state index in [0.29, 0.717) is 6.54 Å². The molecule has 1 aliphatic heterocycles. The Morgan fingerprint density at radius 1 is 1.40 bits per heavy atom. The molecule has 3 rings (SSSR count). The van der Waals surface area contributed by atoms with Crippen LogP contribution >= 0.6 is 0 Å². The number of ether oxygens (including phenoxy) is 1. The van der Waals surface area contributed by atoms with Crippen LogP contribution in [0.15, 0.2) is 24.3 Å². The van der Waals surface area contributed by atoms with Gasteiger partial charge in [-0.25, -0.2) is 9.48 Å². The van der Waals surface area contributed by atoms with Crippen LogP contribution in [0.2, 0.25) is 0 Å². The summed E-state index contributed by atoms with van der Waals surface area (Å²) >= 11 is 0. The largest absolute Gasteiger partial charge is 0.497 e. The number of fused-ring (bicyclic) bond motifs is 1. The van der Waals surface area contributed by atoms with Crippen molar-refractivity contribution in [3.05, 3.63) is 41.2 Å². The van der Waals surface area contributed by atoms with Gasteiger partial charge in [0.1, 0.15) is 5.75 Å². The Morgan fingerprint density at radius 2 is 2.15 bits per heavy atom. The summed E-state index contributed by atoms with van der Waals surface area (Å²) in [5.74, 6) is -0.230. The summed E-state index contributed by atoms with van der Waals surface area (Å²) < 4.78 is 6.85. The molecular formula is C14H15N3O3. The first kappa shape index (κ1) is 12.7. The predicted octanol–water partition coefficient (Wildman–Crippen LogP) is 1.22. The van der Waals surface area contributed by atoms with Gasteiger partial charge < -0.3 is 15.2 Å². The van der Waals surface area contributed by atoms with Gasteiger partial charge in [0.05, 0.1) is 18.5 Å². The lowest BCUT2D eigenvalue weighted by atomic mass is 10.1. The molecule has 0 radical (unpaired) electrons. The van der Waals surface area contributed by atoms with Crippen molar-refractivity contribution in [3.63, 3.8) is 0 Å². The van der Waals surface area contributed by atoms with Crippen molar-refractivity contribution in [2.45, 2.75) is 13.0 Å². The number of aromatic nitrogens is 2. The molecule has 0 aliphatic carbocycles. The van der Waals surface area contributed by atoms with Crippen LogP contribution in [0.4, 0.5) is 0 Å². The summed E-state index contributed by atoms with van der Waals surface area (Å²) in [4.78, 5) is 11.3. The molecule has 1 aromatic heterocycles. The van der Waals surface area contributed by atoms with E-state index < -0.39 is 5.97 Å². The van der Waals surface area contributed by atoms with E-state index in [1.807, 2.05) is 24.3 Å². The van der Waals surface area contributed by atoms with Crippen molar-refractivity contribution in [2.24, 2.45) is 0 Å². The van der Waals surface area contributed by atoms with Crippen LogP contribution < -0.4 is 10.1 Å². The lowest BCUT2D eigenvalue weighted by Gasteiger charge is -2.15. The molecule has 2 aromatic rings. The van der Waals surface area contributed by atoms with Crippen LogP contribution in [0.1, 0.15) is 21.7 Å². The summed E-state index contributed by atoms with van der Waals surface area (Å²) in [6, 6.07) is 7.43. The van der Waals surface area contributed by atoms with Crippen molar-refractivity contribution >= 4 is 5.97 Å². The fourth-order valence-electron chi connectivity index (χ4n) is 2.46. The van der Waals surface area contributed by atoms with Crippen LogP contribution in [0.25, 0.3) is 5.69 Å². The predicted molar refractivity (Wildman–Crippen MR) is 72.5 cm³/mol. The molecule has 0 unspecified atom stereocenters. The topological polar surface area (TPSA) is 76.4 Å². The second-order valence-corrected chi connectivity index (χ2v) is 4.62. The first-order chi connectivity index (χ1) is 9.70. The van der Waals surface area contributed by atoms with Gasteiger partial charge in [-0.3, -0.25) is 0 Å². The molecule has 0 spiro atoms. The Labute approximate surface area is 116 Å². The third kappa shape index (κ3) is 2.04. The van der Waals surface area contributed by atoms with Gasteiger partial charge in [-0.2, -0.15) is 5.10 Å². The first-order valence-corrected chi connectivity index (χ1v) is 6.40. The standard InChI is InChI=1S/C14H15N3O3/c1-20-10-4-2-9(3-5-10)17-12-6-7-15-8-11(12)13(16-17)14(18)19/h2-5,15H,6-8H2,1H3,(H,18,19). The van der Waals surface area contributed by atoms with Gasteiger partial charge in [-0.15, -0.1) is 0 Å². The number of carboxylic acid groups (broad SMARTS) is 1. The van der Waals surface area contributed by atoms with Gasteiger partial charge >= 0.3 is 5.97 Å². The number of aromatic carboxylic acids is 1. The zero-order valence-corrected chi connectivity index (χ0v) is 11.1. The monoisotopic (exact) mass is 273 g/mol. The second kappa shape index (κ2) is 4.97. The van der Waals surface area contributed by atoms with Crippen molar-refractivity contribution in [2.75, 3.05) is 13.7 Å². The zero-order chi connectivity index (χ0) is 14.1. The summed E-state index contributed by atoms with van der Waals surface area (Å²) in [6.45, 7) is 1.38. The molecule has 1 aromatic carbocycles. The average molecular weight is 273 g/mol. The number of benzene rings is 1. The van der Waals surface area contributed by atoms with Crippen molar-refractivity contribution in [3.8, 4) is 11.4 Å². The first-order valence-electron chi connectivity index (χ1n) is 6.40. The Bertz CT molecular complexity index is 646. The summed E-state index contributed by atoms with van der Waals surface area (Å²) in [5.41, 5.74) is 2.71. The minimum absolute atomic E-state index is 0.128. The molecule has 0 amide bonds. The highest BCUT2D eigenvalue weighted by molar-refractivity contribution is 5.87. The van der Waals surface area contributed by atoms with Gasteiger partial charge in [0, 0.05) is 25.1 Å². The number of nitrogens with one attached hydrogen (secondary N) is 1. The van der Waals surface area contributed by atoms with Crippen LogP contribution in [0.5, 0.6) is 5.75 Å². The fourth-order valence-corrected chi connectivity index (χ4v) is 2.46. The minimum Gasteiger partial charge on any atom is -0.497 e. The zero-order valence-electron chi connectivity index (χ0n) is 11.1. The highest BCUT2D eigenvalue weighted by atomic mass is 16.5. The molecule has 0 saturated heterocycles. The van der Waals surface area contributed by atoms with Crippen LogP contribution in [-0.4, -0.2) is 34.5 Å². The third-order valence-electron chi connectivity index (χ3n) is 3.45. The smallest absolute Gasteiger partial charge is 0.356 e. The quantitative estimate of drug-likeness (QED) is 0.879. The molecule has 1 aliphatic rings. The number of hydrogen-bond acceptors (Lipinski definition) is 4. The van der Waals surface area contributed by atoms with E-state index in [2.05, 4.69) is 10.4 Å². The summed E-state index contributed by atoms with van der Waals surface area (Å²) in [5, 5.41) is 16.7. The highest BCUT2D eigenvalue weighted by Crippen LogP contribution is 2.23. The summed E-state index contributed by atoms with van der Waals surface area (Å²) in [7, 11) is 1.61. The number of rotatable bonds is 3. The molecule has 0 atom stereocenters. The maximum absolute atomic E-state index is 11.3. The van der Waals surface area contributed by atoms with E-state index in [0.717, 1.165) is 35.7 Å². The Morgan fingerprint density at radius 3 is 2.80 bits per heavy atom. The van der Waals surface area contributed by atoms with Gasteiger partial charge in [-0.05, 0) is 24.3 Å². The lowest BCUT2D eigenvalue weighted by molar-refractivity contribution is 0.0688. The third-order valence-corrected chi connectivity index (χ3v) is 3.45. The van der Waals surface area contributed by atoms with E-state index in [1.54, 1.807) is 11.8 Å². The number of nitrogens with zero attached hydrogens (tertiary/aromatic N) is 2. The Balaban J connectivity index is 2.10. The Kier molecular flexibility index (Phi) is 3.15. The van der Waals surface area contributed by atoms with Gasteiger partial charge in [0.25, 0.3) is 0 Å². The van der Waals surface area contributed by atoms with Crippen LogP contribution in [0.3, 0.4) is 0 Å². The molecule has 2 N–H and O–H groups in total. The minimum atomic E-state index is -0.989. The lowest BCUT2D eigenvalue weighted by Crippen LogP contribution is -2.25.